The molecule has 1 heterocycles. The van der Waals surface area contributed by atoms with Crippen LogP contribution in [0, 0.1) is 6.92 Å². The number of carbonyl (C=O) groups excluding carboxylic acids is 1. The van der Waals surface area contributed by atoms with Crippen molar-refractivity contribution in [3.8, 4) is 0 Å². The molecule has 0 saturated heterocycles. The molecule has 0 atom stereocenters. The Morgan fingerprint density at radius 3 is 2.41 bits per heavy atom. The molecule has 0 radical (unpaired) electrons. The molecule has 3 rings (SSSR count). The van der Waals surface area contributed by atoms with Crippen LogP contribution in [0.15, 0.2) is 83.1 Å². The first kappa shape index (κ1) is 20.2. The summed E-state index contributed by atoms with van der Waals surface area (Å²) in [4.78, 5) is 18.6. The van der Waals surface area contributed by atoms with E-state index < -0.39 is 10.0 Å². The second kappa shape index (κ2) is 8.66. The molecule has 2 N–H and O–H groups in total. The van der Waals surface area contributed by atoms with E-state index in [1.54, 1.807) is 61.7 Å². The number of carbonyl (C=O) groups is 1. The Labute approximate surface area is 169 Å². The number of nitrogens with one attached hydrogen (secondary N) is 2. The zero-order chi connectivity index (χ0) is 20.9. The molecule has 0 aliphatic rings. The van der Waals surface area contributed by atoms with Crippen LogP contribution in [0.25, 0.3) is 0 Å². The van der Waals surface area contributed by atoms with Gasteiger partial charge in [0.1, 0.15) is 0 Å². The van der Waals surface area contributed by atoms with Gasteiger partial charge in [-0.05, 0) is 55.8 Å². The van der Waals surface area contributed by atoms with E-state index in [9.17, 15) is 13.2 Å². The van der Waals surface area contributed by atoms with Gasteiger partial charge in [0.2, 0.25) is 0 Å². The highest BCUT2D eigenvalue weighted by molar-refractivity contribution is 7.89. The van der Waals surface area contributed by atoms with Gasteiger partial charge in [-0.1, -0.05) is 29.8 Å². The molecule has 0 unspecified atom stereocenters. The van der Waals surface area contributed by atoms with Gasteiger partial charge in [0, 0.05) is 18.1 Å². The van der Waals surface area contributed by atoms with Crippen molar-refractivity contribution in [2.45, 2.75) is 18.7 Å². The topological polar surface area (TPSA) is 101 Å². The molecule has 0 fully saturated rings. The summed E-state index contributed by atoms with van der Waals surface area (Å²) >= 11 is 0. The van der Waals surface area contributed by atoms with Crippen LogP contribution in [-0.2, 0) is 10.0 Å². The van der Waals surface area contributed by atoms with Crippen molar-refractivity contribution in [1.29, 1.82) is 0 Å². The highest BCUT2D eigenvalue weighted by Crippen LogP contribution is 2.14. The summed E-state index contributed by atoms with van der Waals surface area (Å²) < 4.78 is 24.7. The minimum Gasteiger partial charge on any atom is -0.322 e. The molecule has 29 heavy (non-hydrogen) atoms. The minimum absolute atomic E-state index is 0.136. The molecule has 3 aromatic rings. The van der Waals surface area contributed by atoms with Crippen LogP contribution in [-0.4, -0.2) is 25.0 Å². The zero-order valence-corrected chi connectivity index (χ0v) is 16.8. The number of anilines is 1. The second-order valence-electron chi connectivity index (χ2n) is 6.38. The number of aryl methyl sites for hydroxylation is 1. The van der Waals surface area contributed by atoms with Crippen LogP contribution in [0.3, 0.4) is 0 Å². The highest BCUT2D eigenvalue weighted by Gasteiger charge is 2.13. The molecule has 0 saturated carbocycles. The first-order valence-electron chi connectivity index (χ1n) is 8.80. The number of amides is 1. The number of nitrogens with zero attached hydrogens (tertiary/aromatic N) is 2. The predicted molar refractivity (Wildman–Crippen MR) is 112 cm³/mol. The van der Waals surface area contributed by atoms with E-state index in [0.29, 0.717) is 22.5 Å². The molecule has 1 aromatic heterocycles. The van der Waals surface area contributed by atoms with Crippen LogP contribution in [0.4, 0.5) is 5.69 Å². The van der Waals surface area contributed by atoms with Gasteiger partial charge in [-0.2, -0.15) is 18.4 Å². The number of hydrogen-bond donors (Lipinski definition) is 2. The number of benzene rings is 2. The largest absolute Gasteiger partial charge is 0.322 e. The maximum absolute atomic E-state index is 12.4. The third-order valence-electron chi connectivity index (χ3n) is 4.13. The molecule has 2 aromatic carbocycles. The second-order valence-corrected chi connectivity index (χ2v) is 8.04. The molecule has 0 aliphatic heterocycles. The molecule has 7 nitrogen and oxygen atoms in total. The number of rotatable bonds is 6. The summed E-state index contributed by atoms with van der Waals surface area (Å²) in [6.45, 7) is 3.56. The standard InChI is InChI=1S/C21H20N4O3S/c1-15-8-10-20(11-9-15)29(27,28)25-24-16(2)17-5-3-7-19(13-17)23-21(26)18-6-4-12-22-14-18/h3-14,25H,1-2H3,(H,23,26). The van der Waals surface area contributed by atoms with Gasteiger partial charge in [-0.3, -0.25) is 9.78 Å². The molecular weight excluding hydrogens is 388 g/mol. The third kappa shape index (κ3) is 5.26. The summed E-state index contributed by atoms with van der Waals surface area (Å²) in [5.74, 6) is -0.287. The molecule has 0 aliphatic carbocycles. The van der Waals surface area contributed by atoms with Crippen molar-refractivity contribution >= 4 is 27.3 Å². The maximum Gasteiger partial charge on any atom is 0.276 e. The average molecular weight is 408 g/mol. The summed E-state index contributed by atoms with van der Waals surface area (Å²) in [5.41, 5.74) is 3.09. The van der Waals surface area contributed by atoms with E-state index in [2.05, 4.69) is 20.2 Å². The van der Waals surface area contributed by atoms with Crippen LogP contribution in [0.5, 0.6) is 0 Å². The van der Waals surface area contributed by atoms with Crippen molar-refractivity contribution in [1.82, 2.24) is 9.82 Å². The lowest BCUT2D eigenvalue weighted by atomic mass is 10.1. The van der Waals surface area contributed by atoms with Gasteiger partial charge in [0.25, 0.3) is 15.9 Å². The Hall–Kier alpha value is -3.52. The first-order valence-corrected chi connectivity index (χ1v) is 10.3. The Bertz CT molecular complexity index is 1140. The van der Waals surface area contributed by atoms with E-state index >= 15 is 0 Å². The number of hydrogen-bond acceptors (Lipinski definition) is 5. The maximum atomic E-state index is 12.4. The lowest BCUT2D eigenvalue weighted by Crippen LogP contribution is -2.20. The highest BCUT2D eigenvalue weighted by atomic mass is 32.2. The van der Waals surface area contributed by atoms with Gasteiger partial charge >= 0.3 is 0 Å². The summed E-state index contributed by atoms with van der Waals surface area (Å²) in [7, 11) is -3.76. The SMILES string of the molecule is CC(=NNS(=O)(=O)c1ccc(C)cc1)c1cccc(NC(=O)c2cccnc2)c1. The van der Waals surface area contributed by atoms with Crippen molar-refractivity contribution in [3.63, 3.8) is 0 Å². The summed E-state index contributed by atoms with van der Waals surface area (Å²) in [5, 5.41) is 6.78. The lowest BCUT2D eigenvalue weighted by Gasteiger charge is -2.08. The lowest BCUT2D eigenvalue weighted by molar-refractivity contribution is 0.102. The zero-order valence-electron chi connectivity index (χ0n) is 16.0. The smallest absolute Gasteiger partial charge is 0.276 e. The Morgan fingerprint density at radius 2 is 1.72 bits per heavy atom. The minimum atomic E-state index is -3.76. The van der Waals surface area contributed by atoms with Crippen LogP contribution < -0.4 is 10.1 Å². The summed E-state index contributed by atoms with van der Waals surface area (Å²) in [6, 6.07) is 16.8. The van der Waals surface area contributed by atoms with Gasteiger partial charge in [0.05, 0.1) is 16.2 Å². The number of hydrazone groups is 1. The van der Waals surface area contributed by atoms with Crippen molar-refractivity contribution in [3.05, 3.63) is 89.7 Å². The van der Waals surface area contributed by atoms with Crippen LogP contribution >= 0.6 is 0 Å². The van der Waals surface area contributed by atoms with Crippen molar-refractivity contribution in [2.24, 2.45) is 5.10 Å². The normalized spacial score (nSPS) is 11.7. The fraction of sp³-hybridized carbons (Fsp3) is 0.0952. The van der Waals surface area contributed by atoms with Gasteiger partial charge in [-0.25, -0.2) is 0 Å². The molecule has 0 bridgehead atoms. The molecule has 1 amide bonds. The Morgan fingerprint density at radius 1 is 1.00 bits per heavy atom. The summed E-state index contributed by atoms with van der Waals surface area (Å²) in [6.07, 6.45) is 3.07. The Kier molecular flexibility index (Phi) is 6.04. The van der Waals surface area contributed by atoms with Gasteiger partial charge in [0.15, 0.2) is 0 Å². The van der Waals surface area contributed by atoms with E-state index in [4.69, 9.17) is 0 Å². The van der Waals surface area contributed by atoms with Gasteiger partial charge in [-0.15, -0.1) is 0 Å². The fourth-order valence-electron chi connectivity index (χ4n) is 2.49. The fourth-order valence-corrected chi connectivity index (χ4v) is 3.34. The van der Waals surface area contributed by atoms with E-state index in [0.717, 1.165) is 5.56 Å². The van der Waals surface area contributed by atoms with Crippen molar-refractivity contribution < 1.29 is 13.2 Å². The van der Waals surface area contributed by atoms with Gasteiger partial charge < -0.3 is 5.32 Å². The molecule has 148 valence electrons. The molecule has 0 spiro atoms. The first-order chi connectivity index (χ1) is 13.8. The Balaban J connectivity index is 1.74. The number of aromatic nitrogens is 1. The van der Waals surface area contributed by atoms with E-state index in [1.807, 2.05) is 6.92 Å². The molecule has 8 heteroatoms. The predicted octanol–water partition coefficient (Wildman–Crippen LogP) is 3.34. The molecular formula is C21H20N4O3S. The van der Waals surface area contributed by atoms with Crippen LogP contribution in [0.1, 0.15) is 28.4 Å². The number of pyridine rings is 1. The quantitative estimate of drug-likeness (QED) is 0.482. The van der Waals surface area contributed by atoms with Crippen LogP contribution in [0.2, 0.25) is 0 Å². The average Bonchev–Trinajstić information content (AvgIpc) is 2.73. The van der Waals surface area contributed by atoms with E-state index in [-0.39, 0.29) is 10.8 Å². The van der Waals surface area contributed by atoms with E-state index in [1.165, 1.54) is 18.3 Å². The monoisotopic (exact) mass is 408 g/mol. The third-order valence-corrected chi connectivity index (χ3v) is 5.35. The van der Waals surface area contributed by atoms with Crippen molar-refractivity contribution in [2.75, 3.05) is 5.32 Å². The number of sulfonamides is 1.